The summed E-state index contributed by atoms with van der Waals surface area (Å²) < 4.78 is 22.0. The molecule has 1 aromatic heterocycles. The summed E-state index contributed by atoms with van der Waals surface area (Å²) in [5.41, 5.74) is 8.01. The van der Waals surface area contributed by atoms with Gasteiger partial charge in [0.15, 0.2) is 0 Å². The third kappa shape index (κ3) is 3.92. The molecule has 0 atom stereocenters. The Kier molecular flexibility index (Phi) is 4.34. The minimum absolute atomic E-state index is 0.0897. The van der Waals surface area contributed by atoms with Crippen LogP contribution in [0.5, 0.6) is 0 Å². The van der Waals surface area contributed by atoms with E-state index in [0.717, 1.165) is 11.3 Å². The summed E-state index contributed by atoms with van der Waals surface area (Å²) in [6, 6.07) is 3.00. The van der Waals surface area contributed by atoms with Crippen LogP contribution in [-0.4, -0.2) is 15.0 Å². The summed E-state index contributed by atoms with van der Waals surface area (Å²) in [4.78, 5) is 3.20. The Morgan fingerprint density at radius 3 is 2.88 bits per heavy atom. The first-order valence-electron chi connectivity index (χ1n) is 4.16. The van der Waals surface area contributed by atoms with Gasteiger partial charge >= 0.3 is 0 Å². The van der Waals surface area contributed by atoms with Gasteiger partial charge < -0.3 is 0 Å². The topological polar surface area (TPSA) is 109 Å². The standard InChI is InChI=1S/C8H8N4O2S2/c9-12-11-6-2-1-3-7-4-5-8(15-7)16(10,13)14/h4-5H,2,6H2,(H2,10,13,14). The number of rotatable bonds is 3. The molecule has 8 heteroatoms. The molecule has 0 aliphatic rings. The van der Waals surface area contributed by atoms with Crippen LogP contribution >= 0.6 is 11.3 Å². The summed E-state index contributed by atoms with van der Waals surface area (Å²) in [7, 11) is -3.64. The largest absolute Gasteiger partial charge is 0.247 e. The summed E-state index contributed by atoms with van der Waals surface area (Å²) in [5.74, 6) is 5.52. The maximum atomic E-state index is 10.9. The highest BCUT2D eigenvalue weighted by atomic mass is 32.2. The molecule has 0 radical (unpaired) electrons. The van der Waals surface area contributed by atoms with E-state index in [2.05, 4.69) is 21.9 Å². The van der Waals surface area contributed by atoms with Gasteiger partial charge in [-0.2, -0.15) is 0 Å². The molecule has 0 saturated heterocycles. The zero-order valence-corrected chi connectivity index (χ0v) is 9.75. The van der Waals surface area contributed by atoms with E-state index < -0.39 is 10.0 Å². The molecule has 0 fully saturated rings. The van der Waals surface area contributed by atoms with E-state index in [-0.39, 0.29) is 4.21 Å². The molecule has 0 saturated carbocycles. The van der Waals surface area contributed by atoms with Gasteiger partial charge in [0.25, 0.3) is 0 Å². The number of nitrogens with zero attached hydrogens (tertiary/aromatic N) is 3. The first kappa shape index (κ1) is 12.5. The van der Waals surface area contributed by atoms with Crippen molar-refractivity contribution in [2.24, 2.45) is 10.3 Å². The second-order valence-electron chi connectivity index (χ2n) is 2.67. The number of thiophene rings is 1. The smallest absolute Gasteiger partial charge is 0.224 e. The molecule has 1 rings (SSSR count). The third-order valence-corrected chi connectivity index (χ3v) is 3.91. The average molecular weight is 256 g/mol. The molecule has 1 aromatic rings. The van der Waals surface area contributed by atoms with Gasteiger partial charge in [-0.1, -0.05) is 17.0 Å². The lowest BCUT2D eigenvalue weighted by atomic mass is 10.4. The van der Waals surface area contributed by atoms with Crippen molar-refractivity contribution in [3.05, 3.63) is 27.5 Å². The van der Waals surface area contributed by atoms with Gasteiger partial charge in [0, 0.05) is 17.9 Å². The van der Waals surface area contributed by atoms with E-state index in [9.17, 15) is 8.42 Å². The van der Waals surface area contributed by atoms with E-state index in [1.807, 2.05) is 0 Å². The van der Waals surface area contributed by atoms with Gasteiger partial charge in [-0.05, 0) is 17.7 Å². The Bertz CT molecular complexity index is 573. The summed E-state index contributed by atoms with van der Waals surface area (Å²) in [5, 5.41) is 8.26. The molecule has 0 aromatic carbocycles. The average Bonchev–Trinajstić information content (AvgIpc) is 2.65. The SMILES string of the molecule is [N-]=[N+]=NCCC#Cc1ccc(S(N)(=O)=O)s1. The molecule has 0 aliphatic heterocycles. The van der Waals surface area contributed by atoms with Crippen molar-refractivity contribution < 1.29 is 8.42 Å². The molecule has 0 bridgehead atoms. The normalized spacial score (nSPS) is 10.1. The van der Waals surface area contributed by atoms with E-state index in [1.54, 1.807) is 6.07 Å². The highest BCUT2D eigenvalue weighted by molar-refractivity contribution is 7.91. The number of hydrogen-bond donors (Lipinski definition) is 1. The number of sulfonamides is 1. The predicted octanol–water partition coefficient (Wildman–Crippen LogP) is 1.45. The van der Waals surface area contributed by atoms with E-state index in [4.69, 9.17) is 10.7 Å². The molecular formula is C8H8N4O2S2. The van der Waals surface area contributed by atoms with Crippen molar-refractivity contribution in [2.45, 2.75) is 10.6 Å². The summed E-state index contributed by atoms with van der Waals surface area (Å²) in [6.07, 6.45) is 0.437. The lowest BCUT2D eigenvalue weighted by Gasteiger charge is -1.87. The monoisotopic (exact) mass is 256 g/mol. The molecule has 2 N–H and O–H groups in total. The zero-order valence-electron chi connectivity index (χ0n) is 8.12. The fourth-order valence-corrected chi connectivity index (χ4v) is 2.44. The van der Waals surface area contributed by atoms with Gasteiger partial charge in [0.1, 0.15) is 4.21 Å². The van der Waals surface area contributed by atoms with Crippen LogP contribution in [0.3, 0.4) is 0 Å². The zero-order chi connectivity index (χ0) is 12.0. The van der Waals surface area contributed by atoms with Crippen molar-refractivity contribution in [3.63, 3.8) is 0 Å². The van der Waals surface area contributed by atoms with Gasteiger partial charge in [0.2, 0.25) is 10.0 Å². The Labute approximate surface area is 96.8 Å². The highest BCUT2D eigenvalue weighted by Gasteiger charge is 2.09. The number of primary sulfonamides is 1. The van der Waals surface area contributed by atoms with Crippen LogP contribution in [0.2, 0.25) is 0 Å². The Balaban J connectivity index is 2.69. The molecular weight excluding hydrogens is 248 g/mol. The third-order valence-electron chi connectivity index (χ3n) is 1.47. The minimum atomic E-state index is -3.64. The van der Waals surface area contributed by atoms with E-state index >= 15 is 0 Å². The minimum Gasteiger partial charge on any atom is -0.224 e. The molecule has 16 heavy (non-hydrogen) atoms. The Morgan fingerprint density at radius 2 is 2.31 bits per heavy atom. The number of nitrogens with two attached hydrogens (primary N) is 1. The van der Waals surface area contributed by atoms with E-state index in [0.29, 0.717) is 17.8 Å². The van der Waals surface area contributed by atoms with Crippen molar-refractivity contribution in [1.29, 1.82) is 0 Å². The van der Waals surface area contributed by atoms with Crippen molar-refractivity contribution in [1.82, 2.24) is 0 Å². The van der Waals surface area contributed by atoms with Crippen LogP contribution in [0.25, 0.3) is 10.4 Å². The maximum absolute atomic E-state index is 10.9. The molecule has 6 nitrogen and oxygen atoms in total. The van der Waals surface area contributed by atoms with Gasteiger partial charge in [-0.3, -0.25) is 0 Å². The second-order valence-corrected chi connectivity index (χ2v) is 5.54. The fraction of sp³-hybridized carbons (Fsp3) is 0.250. The highest BCUT2D eigenvalue weighted by Crippen LogP contribution is 2.18. The van der Waals surface area contributed by atoms with Crippen LogP contribution < -0.4 is 5.14 Å². The first-order valence-corrected chi connectivity index (χ1v) is 6.52. The maximum Gasteiger partial charge on any atom is 0.247 e. The van der Waals surface area contributed by atoms with Crippen molar-refractivity contribution in [3.8, 4) is 11.8 Å². The number of azide groups is 1. The van der Waals surface area contributed by atoms with Crippen molar-refractivity contribution >= 4 is 21.4 Å². The van der Waals surface area contributed by atoms with E-state index in [1.165, 1.54) is 6.07 Å². The Hall–Kier alpha value is -1.52. The Morgan fingerprint density at radius 1 is 1.56 bits per heavy atom. The lowest BCUT2D eigenvalue weighted by Crippen LogP contribution is -2.09. The van der Waals surface area contributed by atoms with Crippen molar-refractivity contribution in [2.75, 3.05) is 6.54 Å². The fourth-order valence-electron chi connectivity index (χ4n) is 0.840. The van der Waals surface area contributed by atoms with Gasteiger partial charge in [-0.15, -0.1) is 11.3 Å². The van der Waals surface area contributed by atoms with Crippen LogP contribution in [0.15, 0.2) is 21.5 Å². The molecule has 0 unspecified atom stereocenters. The molecule has 0 spiro atoms. The molecule has 84 valence electrons. The molecule has 0 aliphatic carbocycles. The lowest BCUT2D eigenvalue weighted by molar-refractivity contribution is 0.600. The first-order chi connectivity index (χ1) is 7.54. The van der Waals surface area contributed by atoms with Crippen LogP contribution in [0.1, 0.15) is 11.3 Å². The summed E-state index contributed by atoms with van der Waals surface area (Å²) in [6.45, 7) is 0.302. The predicted molar refractivity (Wildman–Crippen MR) is 61.2 cm³/mol. The van der Waals surface area contributed by atoms with Crippen LogP contribution in [-0.2, 0) is 10.0 Å². The van der Waals surface area contributed by atoms with Crippen LogP contribution in [0, 0.1) is 11.8 Å². The second kappa shape index (κ2) is 5.53. The van der Waals surface area contributed by atoms with Gasteiger partial charge in [-0.25, -0.2) is 13.6 Å². The van der Waals surface area contributed by atoms with Gasteiger partial charge in [0.05, 0.1) is 4.88 Å². The molecule has 1 heterocycles. The van der Waals surface area contributed by atoms with Crippen LogP contribution in [0.4, 0.5) is 0 Å². The number of hydrogen-bond acceptors (Lipinski definition) is 4. The summed E-state index contributed by atoms with van der Waals surface area (Å²) >= 11 is 1.01. The molecule has 0 amide bonds. The quantitative estimate of drug-likeness (QED) is 0.290.